The fraction of sp³-hybridized carbons (Fsp3) is 0.500. The Morgan fingerprint density at radius 2 is 1.93 bits per heavy atom. The zero-order valence-corrected chi connectivity index (χ0v) is 8.31. The second kappa shape index (κ2) is 4.04. The van der Waals surface area contributed by atoms with E-state index in [0.29, 0.717) is 13.1 Å². The van der Waals surface area contributed by atoms with Crippen LogP contribution in [0.15, 0.2) is 23.7 Å². The number of aliphatic hydroxyl groups is 2. The van der Waals surface area contributed by atoms with Crippen molar-refractivity contribution in [3.8, 4) is 0 Å². The van der Waals surface area contributed by atoms with Crippen LogP contribution in [-0.2, 0) is 4.79 Å². The van der Waals surface area contributed by atoms with Crippen molar-refractivity contribution >= 4 is 5.78 Å². The molecule has 0 aromatic rings. The van der Waals surface area contributed by atoms with Crippen LogP contribution >= 0.6 is 0 Å². The molecule has 0 aromatic carbocycles. The van der Waals surface area contributed by atoms with E-state index < -0.39 is 6.04 Å². The van der Waals surface area contributed by atoms with E-state index in [9.17, 15) is 15.0 Å². The molecule has 15 heavy (non-hydrogen) atoms. The van der Waals surface area contributed by atoms with Crippen molar-refractivity contribution in [1.82, 2.24) is 10.2 Å². The molecule has 5 nitrogen and oxygen atoms in total. The molecule has 1 fully saturated rings. The number of piperazine rings is 1. The third-order valence-electron chi connectivity index (χ3n) is 2.71. The highest BCUT2D eigenvalue weighted by molar-refractivity contribution is 5.98. The van der Waals surface area contributed by atoms with Gasteiger partial charge in [0.2, 0.25) is 0 Å². The Labute approximate surface area is 87.7 Å². The molecule has 0 saturated carbocycles. The number of rotatable bonds is 1. The predicted molar refractivity (Wildman–Crippen MR) is 54.7 cm³/mol. The smallest absolute Gasteiger partial charge is 0.180 e. The van der Waals surface area contributed by atoms with E-state index in [2.05, 4.69) is 5.32 Å². The first kappa shape index (κ1) is 10.2. The Hall–Kier alpha value is -1.33. The van der Waals surface area contributed by atoms with E-state index in [-0.39, 0.29) is 17.3 Å². The molecule has 3 N–H and O–H groups in total. The number of carbonyl (C=O) groups is 1. The minimum absolute atomic E-state index is 0.174. The van der Waals surface area contributed by atoms with E-state index in [4.69, 9.17) is 0 Å². The molecule has 2 aliphatic rings. The fourth-order valence-corrected chi connectivity index (χ4v) is 1.91. The molecular formula is C10H14N2O3. The fourth-order valence-electron chi connectivity index (χ4n) is 1.91. The van der Waals surface area contributed by atoms with Crippen LogP contribution < -0.4 is 5.32 Å². The van der Waals surface area contributed by atoms with Crippen LogP contribution in [0.5, 0.6) is 0 Å². The van der Waals surface area contributed by atoms with Gasteiger partial charge in [-0.25, -0.2) is 0 Å². The summed E-state index contributed by atoms with van der Waals surface area (Å²) in [5.41, 5.74) is 0. The van der Waals surface area contributed by atoms with Gasteiger partial charge >= 0.3 is 0 Å². The number of nitrogens with zero attached hydrogens (tertiary/aromatic N) is 1. The van der Waals surface area contributed by atoms with Gasteiger partial charge in [-0.3, -0.25) is 9.69 Å². The van der Waals surface area contributed by atoms with Gasteiger partial charge in [0.15, 0.2) is 17.3 Å². The van der Waals surface area contributed by atoms with Crippen LogP contribution in [0.1, 0.15) is 0 Å². The van der Waals surface area contributed by atoms with Crippen molar-refractivity contribution in [2.45, 2.75) is 6.04 Å². The van der Waals surface area contributed by atoms with Crippen LogP contribution in [0.25, 0.3) is 0 Å². The van der Waals surface area contributed by atoms with E-state index in [1.807, 2.05) is 4.90 Å². The summed E-state index contributed by atoms with van der Waals surface area (Å²) >= 11 is 0. The molecule has 1 saturated heterocycles. The Balaban J connectivity index is 2.19. The first-order chi connectivity index (χ1) is 7.20. The summed E-state index contributed by atoms with van der Waals surface area (Å²) < 4.78 is 0. The number of carbonyl (C=O) groups excluding carboxylic acids is 1. The normalized spacial score (nSPS) is 28.5. The summed E-state index contributed by atoms with van der Waals surface area (Å²) in [7, 11) is 0. The lowest BCUT2D eigenvalue weighted by molar-refractivity contribution is -0.119. The van der Waals surface area contributed by atoms with Crippen LogP contribution in [0.3, 0.4) is 0 Å². The van der Waals surface area contributed by atoms with Gasteiger partial charge in [0.25, 0.3) is 0 Å². The molecule has 0 amide bonds. The van der Waals surface area contributed by atoms with Crippen LogP contribution in [-0.4, -0.2) is 53.1 Å². The quantitative estimate of drug-likeness (QED) is 0.555. The van der Waals surface area contributed by atoms with Gasteiger partial charge in [-0.2, -0.15) is 0 Å². The molecule has 0 bridgehead atoms. The predicted octanol–water partition coefficient (Wildman–Crippen LogP) is -0.273. The monoisotopic (exact) mass is 210 g/mol. The Kier molecular flexibility index (Phi) is 2.75. The highest BCUT2D eigenvalue weighted by Crippen LogP contribution is 2.18. The van der Waals surface area contributed by atoms with Gasteiger partial charge in [-0.1, -0.05) is 0 Å². The molecule has 1 heterocycles. The summed E-state index contributed by atoms with van der Waals surface area (Å²) in [4.78, 5) is 13.5. The zero-order valence-electron chi connectivity index (χ0n) is 8.31. The average molecular weight is 210 g/mol. The molecule has 2 rings (SSSR count). The lowest BCUT2D eigenvalue weighted by atomic mass is 10.0. The topological polar surface area (TPSA) is 72.8 Å². The lowest BCUT2D eigenvalue weighted by Crippen LogP contribution is -2.52. The summed E-state index contributed by atoms with van der Waals surface area (Å²) in [6.07, 6.45) is 2.54. The molecule has 5 heteroatoms. The highest BCUT2D eigenvalue weighted by atomic mass is 16.3. The second-order valence-corrected chi connectivity index (χ2v) is 3.69. The SMILES string of the molecule is O=C1C=CC(O)=C(O)C1N1CCNCC1. The molecule has 0 aromatic heterocycles. The van der Waals surface area contributed by atoms with Crippen LogP contribution in [0.4, 0.5) is 0 Å². The number of allylic oxidation sites excluding steroid dienone is 1. The van der Waals surface area contributed by atoms with Crippen molar-refractivity contribution in [3.05, 3.63) is 23.7 Å². The maximum Gasteiger partial charge on any atom is 0.180 e. The van der Waals surface area contributed by atoms with E-state index in [1.165, 1.54) is 12.2 Å². The molecule has 82 valence electrons. The summed E-state index contributed by atoms with van der Waals surface area (Å²) in [5, 5.41) is 22.2. The molecule has 1 atom stereocenters. The van der Waals surface area contributed by atoms with Crippen molar-refractivity contribution in [3.63, 3.8) is 0 Å². The van der Waals surface area contributed by atoms with Gasteiger partial charge < -0.3 is 15.5 Å². The van der Waals surface area contributed by atoms with Crippen LogP contribution in [0, 0.1) is 0 Å². The molecule has 0 spiro atoms. The Morgan fingerprint density at radius 1 is 1.27 bits per heavy atom. The highest BCUT2D eigenvalue weighted by Gasteiger charge is 2.32. The van der Waals surface area contributed by atoms with Gasteiger partial charge in [0.05, 0.1) is 0 Å². The number of ketones is 1. The summed E-state index contributed by atoms with van der Waals surface area (Å²) in [6.45, 7) is 2.98. The average Bonchev–Trinajstić information content (AvgIpc) is 2.26. The molecule has 1 aliphatic heterocycles. The van der Waals surface area contributed by atoms with Crippen molar-refractivity contribution in [1.29, 1.82) is 0 Å². The largest absolute Gasteiger partial charge is 0.506 e. The summed E-state index contributed by atoms with van der Waals surface area (Å²) in [6, 6.07) is -0.697. The zero-order chi connectivity index (χ0) is 10.8. The second-order valence-electron chi connectivity index (χ2n) is 3.69. The Bertz CT molecular complexity index is 330. The number of hydrogen-bond donors (Lipinski definition) is 3. The summed E-state index contributed by atoms with van der Waals surface area (Å²) in [5.74, 6) is -0.616. The molecule has 1 unspecified atom stereocenters. The van der Waals surface area contributed by atoms with E-state index >= 15 is 0 Å². The molecule has 0 radical (unpaired) electrons. The maximum absolute atomic E-state index is 11.6. The molecular weight excluding hydrogens is 196 g/mol. The van der Waals surface area contributed by atoms with E-state index in [1.54, 1.807) is 0 Å². The minimum atomic E-state index is -0.697. The van der Waals surface area contributed by atoms with E-state index in [0.717, 1.165) is 13.1 Å². The molecule has 1 aliphatic carbocycles. The van der Waals surface area contributed by atoms with Crippen molar-refractivity contribution in [2.75, 3.05) is 26.2 Å². The number of hydrogen-bond acceptors (Lipinski definition) is 5. The lowest BCUT2D eigenvalue weighted by Gasteiger charge is -2.33. The number of aliphatic hydroxyl groups excluding tert-OH is 2. The van der Waals surface area contributed by atoms with Gasteiger partial charge in [-0.05, 0) is 12.2 Å². The Morgan fingerprint density at radius 3 is 2.60 bits per heavy atom. The van der Waals surface area contributed by atoms with Crippen molar-refractivity contribution in [2.24, 2.45) is 0 Å². The number of nitrogens with one attached hydrogen (secondary N) is 1. The first-order valence-corrected chi connectivity index (χ1v) is 4.99. The standard InChI is InChI=1S/C10H14N2O3/c13-7-1-2-8(14)10(15)9(7)12-5-3-11-4-6-12/h1-2,9,11,14-15H,3-6H2. The third kappa shape index (κ3) is 1.88. The van der Waals surface area contributed by atoms with Crippen LogP contribution in [0.2, 0.25) is 0 Å². The van der Waals surface area contributed by atoms with Gasteiger partial charge in [0.1, 0.15) is 6.04 Å². The first-order valence-electron chi connectivity index (χ1n) is 4.99. The van der Waals surface area contributed by atoms with Gasteiger partial charge in [-0.15, -0.1) is 0 Å². The van der Waals surface area contributed by atoms with Crippen molar-refractivity contribution < 1.29 is 15.0 Å². The minimum Gasteiger partial charge on any atom is -0.506 e. The van der Waals surface area contributed by atoms with Gasteiger partial charge in [0, 0.05) is 26.2 Å². The third-order valence-corrected chi connectivity index (χ3v) is 2.71. The maximum atomic E-state index is 11.6.